The summed E-state index contributed by atoms with van der Waals surface area (Å²) in [6.07, 6.45) is 7.32. The van der Waals surface area contributed by atoms with E-state index < -0.39 is 133 Å². The molecule has 374 valence electrons. The van der Waals surface area contributed by atoms with E-state index in [1.165, 1.54) is 6.08 Å². The first-order valence-electron chi connectivity index (χ1n) is 23.7. The maximum atomic E-state index is 15.2. The number of nitrogens with zero attached hydrogens (tertiary/aromatic N) is 1. The molecule has 3 fully saturated rings. The van der Waals surface area contributed by atoms with Gasteiger partial charge in [-0.05, 0) is 69.1 Å². The maximum Gasteiger partial charge on any atom is 0.325 e. The number of hydrogen-bond donors (Lipinski definition) is 8. The molecule has 1 aliphatic heterocycles. The van der Waals surface area contributed by atoms with Crippen LogP contribution in [0, 0.1) is 17.8 Å². The number of amides is 7. The van der Waals surface area contributed by atoms with Gasteiger partial charge in [-0.2, -0.15) is 0 Å². The zero-order valence-electron chi connectivity index (χ0n) is 39.2. The molecule has 21 heteroatoms. The summed E-state index contributed by atoms with van der Waals surface area (Å²) in [6.45, 7) is 9.15. The van der Waals surface area contributed by atoms with Gasteiger partial charge in [-0.3, -0.25) is 52.7 Å². The summed E-state index contributed by atoms with van der Waals surface area (Å²) in [7, 11) is 0. The molecule has 5 unspecified atom stereocenters. The van der Waals surface area contributed by atoms with E-state index in [4.69, 9.17) is 4.74 Å². The zero-order chi connectivity index (χ0) is 49.8. The van der Waals surface area contributed by atoms with Gasteiger partial charge in [0.05, 0.1) is 6.04 Å². The molecule has 0 radical (unpaired) electrons. The van der Waals surface area contributed by atoms with Crippen LogP contribution in [0.2, 0.25) is 0 Å². The van der Waals surface area contributed by atoms with Crippen LogP contribution in [-0.4, -0.2) is 136 Å². The Morgan fingerprint density at radius 2 is 1.33 bits per heavy atom. The number of likely N-dealkylation sites (tertiary alicyclic amines) is 1. The zero-order valence-corrected chi connectivity index (χ0v) is 39.2. The molecule has 8 N–H and O–H groups in total. The van der Waals surface area contributed by atoms with Gasteiger partial charge in [0.2, 0.25) is 41.2 Å². The first-order valence-corrected chi connectivity index (χ1v) is 23.7. The van der Waals surface area contributed by atoms with Gasteiger partial charge in [-0.25, -0.2) is 0 Å². The van der Waals surface area contributed by atoms with Crippen LogP contribution in [0.15, 0.2) is 12.7 Å². The van der Waals surface area contributed by atoms with Crippen LogP contribution >= 0.6 is 0 Å². The number of rotatable bonds is 27. The third-order valence-corrected chi connectivity index (χ3v) is 12.9. The van der Waals surface area contributed by atoms with Crippen molar-refractivity contribution in [3.05, 3.63) is 12.7 Å². The van der Waals surface area contributed by atoms with Gasteiger partial charge in [0, 0.05) is 25.8 Å². The van der Waals surface area contributed by atoms with Crippen molar-refractivity contribution in [3.8, 4) is 0 Å². The fourth-order valence-electron chi connectivity index (χ4n) is 9.24. The number of hydrogen-bond acceptors (Lipinski definition) is 12. The number of ether oxygens (including phenoxy) is 1. The normalized spacial score (nSPS) is 20.7. The number of carbonyl (C=O) groups is 11. The molecule has 2 aliphatic carbocycles. The predicted octanol–water partition coefficient (Wildman–Crippen LogP) is 1.16. The average molecular weight is 946 g/mol. The highest BCUT2D eigenvalue weighted by Gasteiger charge is 2.51. The third kappa shape index (κ3) is 17.0. The fourth-order valence-corrected chi connectivity index (χ4v) is 9.24. The number of ketones is 1. The van der Waals surface area contributed by atoms with E-state index >= 15 is 4.79 Å². The summed E-state index contributed by atoms with van der Waals surface area (Å²) in [5.74, 6) is -10.7. The predicted molar refractivity (Wildman–Crippen MR) is 240 cm³/mol. The Hall–Kier alpha value is -5.89. The Bertz CT molecular complexity index is 1820. The van der Waals surface area contributed by atoms with E-state index in [1.54, 1.807) is 25.7 Å². The molecular formula is C46H71N7O14. The third-order valence-electron chi connectivity index (χ3n) is 12.9. The molecule has 0 aromatic rings. The molecule has 9 atom stereocenters. The Balaban J connectivity index is 1.93. The standard InChI is InChI=1S/C46H71N7O14/c1-6-14-30(40(60)45(65)47-25-37(59)67-23-7-2)49-43(63)34-24-29-17-12-13-18-33(29)53(34)46(66)39(28-15-10-9-11-16-28)52-44(64)38(26(4)8-3)51-42(62)32(20-22-36(57)58)50-41(61)31(48-27(5)54)19-21-35(55)56/h7,26,28-34,38-39H,2,6,8-25H2,1,3-5H3,(H,47,65)(H,48,54)(H,49,63)(H,50,61)(H,51,62)(H,52,64)(H,55,56)(H,57,58)/t26?,29-,30?,31-,32?,33-,34-,38?,39?/m0/s1. The minimum absolute atomic E-state index is 0.0548. The quantitative estimate of drug-likeness (QED) is 0.0326. The van der Waals surface area contributed by atoms with Gasteiger partial charge >= 0.3 is 17.9 Å². The van der Waals surface area contributed by atoms with Crippen molar-refractivity contribution in [3.63, 3.8) is 0 Å². The number of carboxylic acid groups (broad SMARTS) is 2. The Morgan fingerprint density at radius 3 is 1.91 bits per heavy atom. The second-order valence-electron chi connectivity index (χ2n) is 17.9. The van der Waals surface area contributed by atoms with Crippen LogP contribution in [-0.2, 0) is 57.5 Å². The topological polar surface area (TPSA) is 313 Å². The number of carbonyl (C=O) groups excluding carboxylic acids is 9. The maximum absolute atomic E-state index is 15.2. The largest absolute Gasteiger partial charge is 0.481 e. The molecule has 2 saturated carbocycles. The lowest BCUT2D eigenvalue weighted by Crippen LogP contribution is -2.63. The Labute approximate surface area is 391 Å². The van der Waals surface area contributed by atoms with Crippen LogP contribution in [0.25, 0.3) is 0 Å². The molecule has 67 heavy (non-hydrogen) atoms. The van der Waals surface area contributed by atoms with Crippen LogP contribution in [0.4, 0.5) is 0 Å². The molecule has 0 bridgehead atoms. The number of Topliss-reactive ketones (excluding diaryl/α,β-unsaturated/α-hetero) is 1. The van der Waals surface area contributed by atoms with Crippen molar-refractivity contribution < 1.29 is 67.7 Å². The Kier molecular flexibility index (Phi) is 22.9. The van der Waals surface area contributed by atoms with Crippen molar-refractivity contribution in [2.24, 2.45) is 17.8 Å². The van der Waals surface area contributed by atoms with Crippen molar-refractivity contribution in [1.29, 1.82) is 0 Å². The highest BCUT2D eigenvalue weighted by atomic mass is 16.5. The molecule has 7 amide bonds. The lowest BCUT2D eigenvalue weighted by molar-refractivity contribution is -0.147. The highest BCUT2D eigenvalue weighted by Crippen LogP contribution is 2.41. The van der Waals surface area contributed by atoms with Crippen LogP contribution < -0.4 is 31.9 Å². The second-order valence-corrected chi connectivity index (χ2v) is 17.9. The lowest BCUT2D eigenvalue weighted by Gasteiger charge is -2.39. The molecule has 1 saturated heterocycles. The van der Waals surface area contributed by atoms with Gasteiger partial charge in [0.15, 0.2) is 0 Å². The summed E-state index contributed by atoms with van der Waals surface area (Å²) < 4.78 is 4.85. The van der Waals surface area contributed by atoms with Crippen molar-refractivity contribution in [1.82, 2.24) is 36.8 Å². The minimum atomic E-state index is -1.53. The molecule has 1 heterocycles. The average Bonchev–Trinajstić information content (AvgIpc) is 3.70. The molecule has 21 nitrogen and oxygen atoms in total. The van der Waals surface area contributed by atoms with Crippen LogP contribution in [0.5, 0.6) is 0 Å². The van der Waals surface area contributed by atoms with Crippen molar-refractivity contribution >= 4 is 65.0 Å². The number of fused-ring (bicyclic) bond motifs is 1. The minimum Gasteiger partial charge on any atom is -0.481 e. The summed E-state index contributed by atoms with van der Waals surface area (Å²) in [5.41, 5.74) is 0. The molecule has 0 aromatic carbocycles. The monoisotopic (exact) mass is 946 g/mol. The van der Waals surface area contributed by atoms with Crippen LogP contribution in [0.3, 0.4) is 0 Å². The first kappa shape index (κ1) is 55.4. The van der Waals surface area contributed by atoms with E-state index in [-0.39, 0.29) is 43.7 Å². The van der Waals surface area contributed by atoms with E-state index in [0.717, 1.165) is 45.4 Å². The first-order chi connectivity index (χ1) is 31.8. The smallest absolute Gasteiger partial charge is 0.325 e. The fraction of sp³-hybridized carbons (Fsp3) is 0.717. The van der Waals surface area contributed by atoms with E-state index in [9.17, 15) is 58.2 Å². The summed E-state index contributed by atoms with van der Waals surface area (Å²) in [4.78, 5) is 146. The number of esters is 1. The number of carboxylic acids is 2. The SMILES string of the molecule is C=CCOC(=O)CNC(=O)C(=O)C(CCC)NC(=O)[C@@H]1C[C@@H]2CCCC[C@@H]2N1C(=O)C(NC(=O)C(NC(=O)C(CCC(=O)O)NC(=O)[C@H](CCC(=O)O)NC(C)=O)C(C)CC)C1CCCCC1. The van der Waals surface area contributed by atoms with Crippen molar-refractivity contribution in [2.75, 3.05) is 13.2 Å². The lowest BCUT2D eigenvalue weighted by atomic mass is 9.82. The number of aliphatic carboxylic acids is 2. The molecule has 3 rings (SSSR count). The van der Waals surface area contributed by atoms with Gasteiger partial charge in [-0.1, -0.05) is 78.4 Å². The van der Waals surface area contributed by atoms with Crippen molar-refractivity contribution in [2.45, 2.75) is 179 Å². The van der Waals surface area contributed by atoms with Gasteiger partial charge in [0.1, 0.15) is 43.4 Å². The molecule has 0 spiro atoms. The molecule has 3 aliphatic rings. The summed E-state index contributed by atoms with van der Waals surface area (Å²) in [6, 6.07) is -8.00. The van der Waals surface area contributed by atoms with Gasteiger partial charge < -0.3 is 51.8 Å². The van der Waals surface area contributed by atoms with Gasteiger partial charge in [-0.15, -0.1) is 0 Å². The summed E-state index contributed by atoms with van der Waals surface area (Å²) in [5, 5.41) is 34.0. The second kappa shape index (κ2) is 27.7. The van der Waals surface area contributed by atoms with Gasteiger partial charge in [0.25, 0.3) is 5.91 Å². The van der Waals surface area contributed by atoms with E-state index in [2.05, 4.69) is 38.5 Å². The summed E-state index contributed by atoms with van der Waals surface area (Å²) >= 11 is 0. The van der Waals surface area contributed by atoms with Crippen LogP contribution in [0.1, 0.15) is 137 Å². The highest BCUT2D eigenvalue weighted by molar-refractivity contribution is 6.38. The molecule has 0 aromatic heterocycles. The molecular weight excluding hydrogens is 875 g/mol. The Morgan fingerprint density at radius 1 is 0.731 bits per heavy atom. The van der Waals surface area contributed by atoms with E-state index in [1.807, 2.05) is 0 Å². The number of nitrogens with one attached hydrogen (secondary N) is 6. The van der Waals surface area contributed by atoms with E-state index in [0.29, 0.717) is 32.1 Å².